The largest absolute Gasteiger partial charge is 0.497 e. The highest BCUT2D eigenvalue weighted by Gasteiger charge is 2.10. The van der Waals surface area contributed by atoms with Gasteiger partial charge in [0, 0.05) is 12.2 Å². The molecular formula is C18H18N4O2S. The number of carbonyl (C=O) groups is 1. The van der Waals surface area contributed by atoms with E-state index >= 15 is 0 Å². The van der Waals surface area contributed by atoms with Crippen molar-refractivity contribution in [1.29, 1.82) is 0 Å². The van der Waals surface area contributed by atoms with Gasteiger partial charge in [-0.25, -0.2) is 0 Å². The first-order valence-electron chi connectivity index (χ1n) is 7.74. The summed E-state index contributed by atoms with van der Waals surface area (Å²) in [6.07, 6.45) is 1.65. The van der Waals surface area contributed by atoms with E-state index in [-0.39, 0.29) is 11.7 Å². The van der Waals surface area contributed by atoms with Crippen LogP contribution in [0.4, 0.5) is 0 Å². The molecule has 1 heterocycles. The SMILES string of the molecule is COc1ccc(CNC(=O)CSc2nncn2-c2ccccc2)cc1. The van der Waals surface area contributed by atoms with E-state index in [2.05, 4.69) is 15.5 Å². The Morgan fingerprint density at radius 3 is 2.64 bits per heavy atom. The van der Waals surface area contributed by atoms with Gasteiger partial charge in [0.1, 0.15) is 12.1 Å². The van der Waals surface area contributed by atoms with Gasteiger partial charge in [0.25, 0.3) is 0 Å². The predicted octanol–water partition coefficient (Wildman–Crippen LogP) is 2.68. The number of benzene rings is 2. The smallest absolute Gasteiger partial charge is 0.230 e. The third-order valence-electron chi connectivity index (χ3n) is 3.53. The van der Waals surface area contributed by atoms with Gasteiger partial charge in [0.2, 0.25) is 5.91 Å². The summed E-state index contributed by atoms with van der Waals surface area (Å²) in [6, 6.07) is 17.4. The van der Waals surface area contributed by atoms with Gasteiger partial charge < -0.3 is 10.1 Å². The summed E-state index contributed by atoms with van der Waals surface area (Å²) in [4.78, 5) is 12.1. The molecule has 0 saturated heterocycles. The molecule has 1 aromatic heterocycles. The van der Waals surface area contributed by atoms with Gasteiger partial charge in [0.05, 0.1) is 12.9 Å². The molecule has 0 aliphatic heterocycles. The van der Waals surface area contributed by atoms with Crippen molar-refractivity contribution >= 4 is 17.7 Å². The lowest BCUT2D eigenvalue weighted by Gasteiger charge is -2.07. The number of nitrogens with zero attached hydrogens (tertiary/aromatic N) is 3. The van der Waals surface area contributed by atoms with Crippen LogP contribution in [0.25, 0.3) is 5.69 Å². The third kappa shape index (κ3) is 4.60. The zero-order valence-electron chi connectivity index (χ0n) is 13.8. The highest BCUT2D eigenvalue weighted by atomic mass is 32.2. The zero-order valence-corrected chi connectivity index (χ0v) is 14.6. The molecule has 3 aromatic rings. The van der Waals surface area contributed by atoms with Gasteiger partial charge >= 0.3 is 0 Å². The summed E-state index contributed by atoms with van der Waals surface area (Å²) < 4.78 is 6.98. The molecule has 6 nitrogen and oxygen atoms in total. The maximum absolute atomic E-state index is 12.1. The molecular weight excluding hydrogens is 336 g/mol. The Balaban J connectivity index is 1.52. The number of methoxy groups -OCH3 is 1. The first kappa shape index (κ1) is 17.0. The van der Waals surface area contributed by atoms with Gasteiger partial charge in [0.15, 0.2) is 5.16 Å². The molecule has 7 heteroatoms. The second kappa shape index (κ2) is 8.34. The average Bonchev–Trinajstić information content (AvgIpc) is 3.14. The molecule has 0 aliphatic rings. The first-order valence-corrected chi connectivity index (χ1v) is 8.72. The van der Waals surface area contributed by atoms with Gasteiger partial charge in [-0.05, 0) is 29.8 Å². The number of aromatic nitrogens is 3. The minimum absolute atomic E-state index is 0.0524. The molecule has 1 N–H and O–H groups in total. The van der Waals surface area contributed by atoms with Gasteiger partial charge in [-0.3, -0.25) is 9.36 Å². The van der Waals surface area contributed by atoms with E-state index in [0.29, 0.717) is 11.7 Å². The quantitative estimate of drug-likeness (QED) is 0.661. The molecule has 0 spiro atoms. The summed E-state index contributed by atoms with van der Waals surface area (Å²) in [5.41, 5.74) is 1.99. The third-order valence-corrected chi connectivity index (χ3v) is 4.48. The summed E-state index contributed by atoms with van der Waals surface area (Å²) in [7, 11) is 1.63. The lowest BCUT2D eigenvalue weighted by atomic mass is 10.2. The van der Waals surface area contributed by atoms with Crippen molar-refractivity contribution in [2.24, 2.45) is 0 Å². The number of ether oxygens (including phenoxy) is 1. The Labute approximate surface area is 150 Å². The Morgan fingerprint density at radius 2 is 1.92 bits per heavy atom. The molecule has 2 aromatic carbocycles. The van der Waals surface area contributed by atoms with Crippen LogP contribution in [-0.4, -0.2) is 33.5 Å². The van der Waals surface area contributed by atoms with Crippen molar-refractivity contribution in [3.05, 3.63) is 66.5 Å². The van der Waals surface area contributed by atoms with Crippen LogP contribution in [0.3, 0.4) is 0 Å². The molecule has 0 atom stereocenters. The number of thioether (sulfide) groups is 1. The highest BCUT2D eigenvalue weighted by Crippen LogP contribution is 2.19. The topological polar surface area (TPSA) is 69.0 Å². The Morgan fingerprint density at radius 1 is 1.16 bits per heavy atom. The number of nitrogens with one attached hydrogen (secondary N) is 1. The van der Waals surface area contributed by atoms with E-state index < -0.39 is 0 Å². The maximum Gasteiger partial charge on any atom is 0.230 e. The van der Waals surface area contributed by atoms with Crippen LogP contribution in [0.1, 0.15) is 5.56 Å². The summed E-state index contributed by atoms with van der Waals surface area (Å²) in [6.45, 7) is 0.481. The highest BCUT2D eigenvalue weighted by molar-refractivity contribution is 7.99. The molecule has 0 fully saturated rings. The van der Waals surface area contributed by atoms with Crippen LogP contribution < -0.4 is 10.1 Å². The van der Waals surface area contributed by atoms with Crippen molar-refractivity contribution in [1.82, 2.24) is 20.1 Å². The monoisotopic (exact) mass is 354 g/mol. The van der Waals surface area contributed by atoms with Crippen LogP contribution in [0.5, 0.6) is 5.75 Å². The van der Waals surface area contributed by atoms with Crippen molar-refractivity contribution in [2.45, 2.75) is 11.7 Å². The van der Waals surface area contributed by atoms with Gasteiger partial charge in [-0.2, -0.15) is 0 Å². The fourth-order valence-corrected chi connectivity index (χ4v) is 2.97. The summed E-state index contributed by atoms with van der Waals surface area (Å²) in [5, 5.41) is 11.6. The fraction of sp³-hybridized carbons (Fsp3) is 0.167. The Kier molecular flexibility index (Phi) is 5.69. The van der Waals surface area contributed by atoms with Crippen molar-refractivity contribution in [3.8, 4) is 11.4 Å². The predicted molar refractivity (Wildman–Crippen MR) is 96.9 cm³/mol. The van der Waals surface area contributed by atoms with E-state index in [1.54, 1.807) is 13.4 Å². The summed E-state index contributed by atoms with van der Waals surface area (Å²) >= 11 is 1.36. The van der Waals surface area contributed by atoms with Crippen LogP contribution in [0.15, 0.2) is 66.1 Å². The molecule has 3 rings (SSSR count). The molecule has 0 unspecified atom stereocenters. The molecule has 1 amide bonds. The second-order valence-electron chi connectivity index (χ2n) is 5.23. The van der Waals surface area contributed by atoms with Crippen LogP contribution in [-0.2, 0) is 11.3 Å². The fourth-order valence-electron chi connectivity index (χ4n) is 2.21. The molecule has 0 radical (unpaired) electrons. The van der Waals surface area contributed by atoms with E-state index in [4.69, 9.17) is 4.74 Å². The van der Waals surface area contributed by atoms with Crippen LogP contribution in [0.2, 0.25) is 0 Å². The number of rotatable bonds is 7. The lowest BCUT2D eigenvalue weighted by molar-refractivity contribution is -0.118. The van der Waals surface area contributed by atoms with E-state index in [0.717, 1.165) is 17.0 Å². The number of para-hydroxylation sites is 1. The standard InChI is InChI=1S/C18H18N4O2S/c1-24-16-9-7-14(8-10-16)11-19-17(23)12-25-18-21-20-13-22(18)15-5-3-2-4-6-15/h2-10,13H,11-12H2,1H3,(H,19,23). The number of carbonyl (C=O) groups excluding carboxylic acids is 1. The molecule has 0 aliphatic carbocycles. The van der Waals surface area contributed by atoms with Crippen molar-refractivity contribution < 1.29 is 9.53 Å². The lowest BCUT2D eigenvalue weighted by Crippen LogP contribution is -2.24. The zero-order chi connectivity index (χ0) is 17.5. The normalized spacial score (nSPS) is 10.4. The van der Waals surface area contributed by atoms with Crippen LogP contribution >= 0.6 is 11.8 Å². The second-order valence-corrected chi connectivity index (χ2v) is 6.18. The molecule has 0 saturated carbocycles. The number of amides is 1. The minimum atomic E-state index is -0.0524. The van der Waals surface area contributed by atoms with Crippen LogP contribution in [0, 0.1) is 0 Å². The maximum atomic E-state index is 12.1. The van der Waals surface area contributed by atoms with Gasteiger partial charge in [-0.15, -0.1) is 10.2 Å². The molecule has 128 valence electrons. The van der Waals surface area contributed by atoms with E-state index in [9.17, 15) is 4.79 Å². The van der Waals surface area contributed by atoms with Crippen molar-refractivity contribution in [3.63, 3.8) is 0 Å². The Bertz CT molecular complexity index is 819. The Hall–Kier alpha value is -2.80. The van der Waals surface area contributed by atoms with Crippen molar-refractivity contribution in [2.75, 3.05) is 12.9 Å². The number of hydrogen-bond acceptors (Lipinski definition) is 5. The first-order chi connectivity index (χ1) is 12.3. The average molecular weight is 354 g/mol. The minimum Gasteiger partial charge on any atom is -0.497 e. The number of hydrogen-bond donors (Lipinski definition) is 1. The molecule has 25 heavy (non-hydrogen) atoms. The van der Waals surface area contributed by atoms with E-state index in [1.807, 2.05) is 59.2 Å². The van der Waals surface area contributed by atoms with Gasteiger partial charge in [-0.1, -0.05) is 42.1 Å². The summed E-state index contributed by atoms with van der Waals surface area (Å²) in [5.74, 6) is 1.02. The molecule has 0 bridgehead atoms. The van der Waals surface area contributed by atoms with E-state index in [1.165, 1.54) is 11.8 Å².